The van der Waals surface area contributed by atoms with Crippen molar-refractivity contribution >= 4 is 10.8 Å². The molecule has 0 saturated carbocycles. The van der Waals surface area contributed by atoms with Gasteiger partial charge in [-0.3, -0.25) is 0 Å². The molecule has 0 aliphatic rings. The fourth-order valence-electron chi connectivity index (χ4n) is 2.55. The van der Waals surface area contributed by atoms with E-state index in [0.29, 0.717) is 5.75 Å². The first-order chi connectivity index (χ1) is 9.81. The van der Waals surface area contributed by atoms with Crippen LogP contribution >= 0.6 is 0 Å². The van der Waals surface area contributed by atoms with Gasteiger partial charge in [-0.1, -0.05) is 60.7 Å². The molecule has 0 bridgehead atoms. The Labute approximate surface area is 118 Å². The highest BCUT2D eigenvalue weighted by molar-refractivity contribution is 5.86. The maximum atomic E-state index is 10.7. The Balaban J connectivity index is 2.15. The van der Waals surface area contributed by atoms with E-state index in [1.54, 1.807) is 7.11 Å². The van der Waals surface area contributed by atoms with E-state index in [2.05, 4.69) is 0 Å². The van der Waals surface area contributed by atoms with E-state index in [-0.39, 0.29) is 0 Å². The number of fused-ring (bicyclic) bond motifs is 1. The van der Waals surface area contributed by atoms with Crippen molar-refractivity contribution in [3.63, 3.8) is 0 Å². The Hall–Kier alpha value is -2.32. The Kier molecular flexibility index (Phi) is 3.40. The van der Waals surface area contributed by atoms with Crippen LogP contribution < -0.4 is 4.74 Å². The SMILES string of the molecule is COc1ccccc1C(O)c1cccc2ccccc12. The van der Waals surface area contributed by atoms with E-state index >= 15 is 0 Å². The van der Waals surface area contributed by atoms with Crippen molar-refractivity contribution in [1.29, 1.82) is 0 Å². The van der Waals surface area contributed by atoms with Crippen molar-refractivity contribution < 1.29 is 9.84 Å². The van der Waals surface area contributed by atoms with Crippen LogP contribution in [0.1, 0.15) is 17.2 Å². The zero-order chi connectivity index (χ0) is 13.9. The molecular formula is C18H16O2. The second-order valence-corrected chi connectivity index (χ2v) is 4.71. The third kappa shape index (κ3) is 2.15. The zero-order valence-corrected chi connectivity index (χ0v) is 11.3. The topological polar surface area (TPSA) is 29.5 Å². The van der Waals surface area contributed by atoms with Gasteiger partial charge in [0, 0.05) is 5.56 Å². The minimum absolute atomic E-state index is 0.697. The van der Waals surface area contributed by atoms with Gasteiger partial charge < -0.3 is 9.84 Å². The molecule has 3 aromatic rings. The summed E-state index contributed by atoms with van der Waals surface area (Å²) in [5, 5.41) is 12.9. The smallest absolute Gasteiger partial charge is 0.125 e. The molecule has 0 radical (unpaired) electrons. The van der Waals surface area contributed by atoms with Crippen molar-refractivity contribution in [3.05, 3.63) is 77.9 Å². The average Bonchev–Trinajstić information content (AvgIpc) is 2.53. The summed E-state index contributed by atoms with van der Waals surface area (Å²) in [5.41, 5.74) is 1.68. The fraction of sp³-hybridized carbons (Fsp3) is 0.111. The van der Waals surface area contributed by atoms with Crippen LogP contribution in [0.15, 0.2) is 66.7 Å². The number of ether oxygens (including phenoxy) is 1. The van der Waals surface area contributed by atoms with Gasteiger partial charge in [-0.25, -0.2) is 0 Å². The lowest BCUT2D eigenvalue weighted by Gasteiger charge is -2.17. The molecule has 0 aromatic heterocycles. The van der Waals surface area contributed by atoms with E-state index in [0.717, 1.165) is 21.9 Å². The number of aliphatic hydroxyl groups is 1. The summed E-state index contributed by atoms with van der Waals surface area (Å²) >= 11 is 0. The van der Waals surface area contributed by atoms with Gasteiger partial charge in [-0.2, -0.15) is 0 Å². The molecule has 0 aliphatic carbocycles. The van der Waals surface area contributed by atoms with Gasteiger partial charge in [0.15, 0.2) is 0 Å². The molecule has 1 unspecified atom stereocenters. The molecular weight excluding hydrogens is 248 g/mol. The van der Waals surface area contributed by atoms with Gasteiger partial charge in [0.1, 0.15) is 11.9 Å². The lowest BCUT2D eigenvalue weighted by Crippen LogP contribution is -2.03. The van der Waals surface area contributed by atoms with Crippen molar-refractivity contribution in [2.75, 3.05) is 7.11 Å². The molecule has 0 saturated heterocycles. The normalized spacial score (nSPS) is 12.3. The highest BCUT2D eigenvalue weighted by Gasteiger charge is 2.16. The number of benzene rings is 3. The molecule has 1 atom stereocenters. The minimum atomic E-state index is -0.697. The highest BCUT2D eigenvalue weighted by atomic mass is 16.5. The predicted molar refractivity (Wildman–Crippen MR) is 81.0 cm³/mol. The van der Waals surface area contributed by atoms with Crippen LogP contribution in [0.25, 0.3) is 10.8 Å². The number of hydrogen-bond donors (Lipinski definition) is 1. The summed E-state index contributed by atoms with van der Waals surface area (Å²) in [5.74, 6) is 0.702. The molecule has 0 amide bonds. The fourth-order valence-corrected chi connectivity index (χ4v) is 2.55. The molecule has 0 spiro atoms. The van der Waals surface area contributed by atoms with E-state index < -0.39 is 6.10 Å². The van der Waals surface area contributed by atoms with Gasteiger partial charge in [0.05, 0.1) is 7.11 Å². The quantitative estimate of drug-likeness (QED) is 0.776. The third-order valence-electron chi connectivity index (χ3n) is 3.55. The van der Waals surface area contributed by atoms with Crippen LogP contribution in [0.3, 0.4) is 0 Å². The minimum Gasteiger partial charge on any atom is -0.496 e. The Morgan fingerprint density at radius 2 is 1.45 bits per heavy atom. The first-order valence-corrected chi connectivity index (χ1v) is 6.60. The van der Waals surface area contributed by atoms with E-state index in [1.165, 1.54) is 0 Å². The maximum Gasteiger partial charge on any atom is 0.125 e. The highest BCUT2D eigenvalue weighted by Crippen LogP contribution is 2.33. The van der Waals surface area contributed by atoms with Crippen molar-refractivity contribution in [2.24, 2.45) is 0 Å². The summed E-state index contributed by atoms with van der Waals surface area (Å²) < 4.78 is 5.34. The molecule has 2 heteroatoms. The first-order valence-electron chi connectivity index (χ1n) is 6.60. The Morgan fingerprint density at radius 1 is 0.800 bits per heavy atom. The third-order valence-corrected chi connectivity index (χ3v) is 3.55. The zero-order valence-electron chi connectivity index (χ0n) is 11.3. The van der Waals surface area contributed by atoms with Crippen LogP contribution in [-0.4, -0.2) is 12.2 Å². The summed E-state index contributed by atoms with van der Waals surface area (Å²) in [6.07, 6.45) is -0.697. The van der Waals surface area contributed by atoms with Crippen LogP contribution in [0.5, 0.6) is 5.75 Å². The van der Waals surface area contributed by atoms with E-state index in [4.69, 9.17) is 4.74 Å². The first kappa shape index (κ1) is 12.7. The Morgan fingerprint density at radius 3 is 2.30 bits per heavy atom. The molecule has 0 aliphatic heterocycles. The number of aliphatic hydroxyl groups excluding tert-OH is 1. The van der Waals surface area contributed by atoms with Gasteiger partial charge in [0.2, 0.25) is 0 Å². The van der Waals surface area contributed by atoms with Crippen molar-refractivity contribution in [3.8, 4) is 5.75 Å². The molecule has 100 valence electrons. The van der Waals surface area contributed by atoms with Crippen molar-refractivity contribution in [2.45, 2.75) is 6.10 Å². The summed E-state index contributed by atoms with van der Waals surface area (Å²) in [4.78, 5) is 0. The summed E-state index contributed by atoms with van der Waals surface area (Å²) in [6, 6.07) is 21.6. The Bertz CT molecular complexity index is 729. The van der Waals surface area contributed by atoms with E-state index in [9.17, 15) is 5.11 Å². The summed E-state index contributed by atoms with van der Waals surface area (Å²) in [7, 11) is 1.62. The van der Waals surface area contributed by atoms with Crippen LogP contribution in [0.4, 0.5) is 0 Å². The van der Waals surface area contributed by atoms with E-state index in [1.807, 2.05) is 66.7 Å². The monoisotopic (exact) mass is 264 g/mol. The van der Waals surface area contributed by atoms with Crippen LogP contribution in [0, 0.1) is 0 Å². The molecule has 0 fully saturated rings. The summed E-state index contributed by atoms with van der Waals surface area (Å²) in [6.45, 7) is 0. The van der Waals surface area contributed by atoms with Crippen molar-refractivity contribution in [1.82, 2.24) is 0 Å². The molecule has 2 nitrogen and oxygen atoms in total. The number of hydrogen-bond acceptors (Lipinski definition) is 2. The van der Waals surface area contributed by atoms with Gasteiger partial charge >= 0.3 is 0 Å². The standard InChI is InChI=1S/C18H16O2/c1-20-17-12-5-4-10-16(17)18(19)15-11-6-8-13-7-2-3-9-14(13)15/h2-12,18-19H,1H3. The van der Waals surface area contributed by atoms with Gasteiger partial charge in [0.25, 0.3) is 0 Å². The van der Waals surface area contributed by atoms with Gasteiger partial charge in [-0.05, 0) is 22.4 Å². The number of rotatable bonds is 3. The molecule has 0 heterocycles. The number of methoxy groups -OCH3 is 1. The predicted octanol–water partition coefficient (Wildman–Crippen LogP) is 3.93. The molecule has 1 N–H and O–H groups in total. The van der Waals surface area contributed by atoms with Crippen LogP contribution in [0.2, 0.25) is 0 Å². The lowest BCUT2D eigenvalue weighted by molar-refractivity contribution is 0.216. The second kappa shape index (κ2) is 5.35. The second-order valence-electron chi connectivity index (χ2n) is 4.71. The maximum absolute atomic E-state index is 10.7. The molecule has 20 heavy (non-hydrogen) atoms. The van der Waals surface area contributed by atoms with Gasteiger partial charge in [-0.15, -0.1) is 0 Å². The largest absolute Gasteiger partial charge is 0.496 e. The molecule has 3 aromatic carbocycles. The van der Waals surface area contributed by atoms with Crippen LogP contribution in [-0.2, 0) is 0 Å². The molecule has 3 rings (SSSR count). The average molecular weight is 264 g/mol. The lowest BCUT2D eigenvalue weighted by atomic mass is 9.95. The number of para-hydroxylation sites is 1.